The number of hydrogen-bond acceptors (Lipinski definition) is 2. The number of hydrogen-bond donors (Lipinski definition) is 0. The van der Waals surface area contributed by atoms with Gasteiger partial charge in [-0.3, -0.25) is 4.79 Å². The Morgan fingerprint density at radius 3 is 2.69 bits per heavy atom. The predicted molar refractivity (Wildman–Crippen MR) is 58.3 cm³/mol. The molecular weight excluding hydrogens is 180 g/mol. The molecule has 0 atom stereocenters. The van der Waals surface area contributed by atoms with E-state index in [0.717, 1.165) is 16.0 Å². The Balaban J connectivity index is 3.20. The molecule has 0 aromatic heterocycles. The van der Waals surface area contributed by atoms with Gasteiger partial charge in [-0.2, -0.15) is 0 Å². The van der Waals surface area contributed by atoms with Crippen molar-refractivity contribution in [2.75, 3.05) is 6.26 Å². The molecule has 0 aliphatic rings. The molecule has 0 unspecified atom stereocenters. The third kappa shape index (κ3) is 2.22. The largest absolute Gasteiger partial charge is 0.295 e. The van der Waals surface area contributed by atoms with Gasteiger partial charge in [0.2, 0.25) is 0 Å². The van der Waals surface area contributed by atoms with Gasteiger partial charge < -0.3 is 0 Å². The molecule has 13 heavy (non-hydrogen) atoms. The van der Waals surface area contributed by atoms with Crippen molar-refractivity contribution in [3.05, 3.63) is 35.9 Å². The van der Waals surface area contributed by atoms with Crippen LogP contribution >= 0.6 is 11.8 Å². The smallest absolute Gasteiger partial charge is 0.159 e. The molecule has 2 heteroatoms. The summed E-state index contributed by atoms with van der Waals surface area (Å²) < 4.78 is 0. The molecule has 0 aliphatic carbocycles. The number of Topliss-reactive ketones (excluding diaryl/α,β-unsaturated/α-hetero) is 1. The fourth-order valence-electron chi connectivity index (χ4n) is 1.11. The third-order valence-corrected chi connectivity index (χ3v) is 2.67. The summed E-state index contributed by atoms with van der Waals surface area (Å²) >= 11 is 1.66. The van der Waals surface area contributed by atoms with Crippen LogP contribution in [0.2, 0.25) is 0 Å². The van der Waals surface area contributed by atoms with E-state index in [4.69, 9.17) is 0 Å². The number of thioether (sulfide) groups is 1. The summed E-state index contributed by atoms with van der Waals surface area (Å²) in [6.07, 6.45) is 3.79. The van der Waals surface area contributed by atoms with Gasteiger partial charge in [-0.15, -0.1) is 11.8 Å². The highest BCUT2D eigenvalue weighted by atomic mass is 32.2. The van der Waals surface area contributed by atoms with Gasteiger partial charge in [0, 0.05) is 10.5 Å². The number of carbonyl (C=O) groups is 1. The van der Waals surface area contributed by atoms with Crippen molar-refractivity contribution in [2.24, 2.45) is 0 Å². The number of rotatable bonds is 3. The Labute approximate surface area is 82.9 Å². The lowest BCUT2D eigenvalue weighted by Gasteiger charge is -2.03. The average molecular weight is 192 g/mol. The summed E-state index contributed by atoms with van der Waals surface area (Å²) in [5.41, 5.74) is 1.77. The van der Waals surface area contributed by atoms with Gasteiger partial charge in [0.1, 0.15) is 0 Å². The summed E-state index contributed by atoms with van der Waals surface area (Å²) in [7, 11) is 0. The second-order valence-electron chi connectivity index (χ2n) is 2.72. The normalized spacial score (nSPS) is 9.69. The molecule has 0 saturated heterocycles. The van der Waals surface area contributed by atoms with E-state index in [-0.39, 0.29) is 5.78 Å². The van der Waals surface area contributed by atoms with Gasteiger partial charge in [-0.05, 0) is 30.9 Å². The van der Waals surface area contributed by atoms with Crippen molar-refractivity contribution in [3.63, 3.8) is 0 Å². The van der Waals surface area contributed by atoms with Crippen LogP contribution in [0.5, 0.6) is 0 Å². The molecule has 0 radical (unpaired) electrons. The Kier molecular flexibility index (Phi) is 3.32. The molecule has 0 saturated carbocycles. The van der Waals surface area contributed by atoms with Crippen molar-refractivity contribution < 1.29 is 4.79 Å². The maximum Gasteiger partial charge on any atom is 0.159 e. The Bertz CT molecular complexity index is 342. The van der Waals surface area contributed by atoms with Crippen molar-refractivity contribution in [1.82, 2.24) is 0 Å². The zero-order chi connectivity index (χ0) is 9.84. The van der Waals surface area contributed by atoms with E-state index in [9.17, 15) is 4.79 Å². The van der Waals surface area contributed by atoms with Crippen molar-refractivity contribution in [2.45, 2.75) is 11.8 Å². The number of carbonyl (C=O) groups excluding carboxylic acids is 1. The van der Waals surface area contributed by atoms with Crippen LogP contribution in [0.3, 0.4) is 0 Å². The van der Waals surface area contributed by atoms with Crippen LogP contribution in [0.4, 0.5) is 0 Å². The lowest BCUT2D eigenvalue weighted by Crippen LogP contribution is -1.92. The zero-order valence-electron chi connectivity index (χ0n) is 7.83. The Morgan fingerprint density at radius 2 is 2.23 bits per heavy atom. The number of ketones is 1. The van der Waals surface area contributed by atoms with E-state index in [1.807, 2.05) is 24.5 Å². The van der Waals surface area contributed by atoms with Crippen LogP contribution in [0.1, 0.15) is 22.8 Å². The maximum absolute atomic E-state index is 11.1. The monoisotopic (exact) mass is 192 g/mol. The summed E-state index contributed by atoms with van der Waals surface area (Å²) in [5.74, 6) is 0.0933. The lowest BCUT2D eigenvalue weighted by molar-refractivity contribution is 0.101. The molecule has 68 valence electrons. The van der Waals surface area contributed by atoms with Crippen molar-refractivity contribution in [1.29, 1.82) is 0 Å². The van der Waals surface area contributed by atoms with Gasteiger partial charge in [-0.1, -0.05) is 18.7 Å². The molecule has 0 spiro atoms. The lowest BCUT2D eigenvalue weighted by atomic mass is 10.1. The third-order valence-electron chi connectivity index (χ3n) is 1.86. The first-order valence-corrected chi connectivity index (χ1v) is 5.23. The highest BCUT2D eigenvalue weighted by molar-refractivity contribution is 7.98. The van der Waals surface area contributed by atoms with Crippen LogP contribution in [0, 0.1) is 0 Å². The first-order valence-electron chi connectivity index (χ1n) is 4.00. The minimum atomic E-state index is 0.0933. The van der Waals surface area contributed by atoms with Crippen molar-refractivity contribution >= 4 is 23.6 Å². The summed E-state index contributed by atoms with van der Waals surface area (Å²) in [6, 6.07) is 5.68. The second kappa shape index (κ2) is 4.28. The second-order valence-corrected chi connectivity index (χ2v) is 3.57. The predicted octanol–water partition coefficient (Wildman–Crippen LogP) is 3.25. The fourth-order valence-corrected chi connectivity index (χ4v) is 1.69. The van der Waals surface area contributed by atoms with Gasteiger partial charge in [-0.25, -0.2) is 0 Å². The molecule has 0 heterocycles. The molecule has 0 aliphatic heterocycles. The number of benzene rings is 1. The first kappa shape index (κ1) is 10.1. The fraction of sp³-hybridized carbons (Fsp3) is 0.182. The minimum absolute atomic E-state index is 0.0933. The SMILES string of the molecule is C=Cc1cc(C(C)=O)ccc1SC. The summed E-state index contributed by atoms with van der Waals surface area (Å²) in [4.78, 5) is 12.2. The van der Waals surface area contributed by atoms with Gasteiger partial charge in [0.05, 0.1) is 0 Å². The molecule has 1 aromatic carbocycles. The summed E-state index contributed by atoms with van der Waals surface area (Å²) in [6.45, 7) is 5.29. The highest BCUT2D eigenvalue weighted by Crippen LogP contribution is 2.22. The molecular formula is C11H12OS. The standard InChI is InChI=1S/C11H12OS/c1-4-9-7-10(8(2)12)5-6-11(9)13-3/h4-7H,1H2,2-3H3. The van der Waals surface area contributed by atoms with Crippen LogP contribution in [-0.4, -0.2) is 12.0 Å². The summed E-state index contributed by atoms with van der Waals surface area (Å²) in [5, 5.41) is 0. The molecule has 0 N–H and O–H groups in total. The molecule has 0 amide bonds. The zero-order valence-corrected chi connectivity index (χ0v) is 8.65. The Hall–Kier alpha value is -1.02. The van der Waals surface area contributed by atoms with Gasteiger partial charge >= 0.3 is 0 Å². The van der Waals surface area contributed by atoms with E-state index in [2.05, 4.69) is 6.58 Å². The van der Waals surface area contributed by atoms with Crippen LogP contribution < -0.4 is 0 Å². The van der Waals surface area contributed by atoms with E-state index < -0.39 is 0 Å². The highest BCUT2D eigenvalue weighted by Gasteiger charge is 2.02. The molecule has 1 rings (SSSR count). The molecule has 1 aromatic rings. The topological polar surface area (TPSA) is 17.1 Å². The maximum atomic E-state index is 11.1. The quantitative estimate of drug-likeness (QED) is 0.540. The van der Waals surface area contributed by atoms with E-state index in [1.165, 1.54) is 0 Å². The van der Waals surface area contributed by atoms with E-state index in [1.54, 1.807) is 24.8 Å². The minimum Gasteiger partial charge on any atom is -0.295 e. The van der Waals surface area contributed by atoms with E-state index >= 15 is 0 Å². The van der Waals surface area contributed by atoms with Crippen LogP contribution in [0.25, 0.3) is 6.08 Å². The molecule has 1 nitrogen and oxygen atoms in total. The first-order chi connectivity index (χ1) is 6.19. The molecule has 0 fully saturated rings. The van der Waals surface area contributed by atoms with Crippen LogP contribution in [-0.2, 0) is 0 Å². The van der Waals surface area contributed by atoms with Crippen LogP contribution in [0.15, 0.2) is 29.7 Å². The molecule has 0 bridgehead atoms. The average Bonchev–Trinajstić information content (AvgIpc) is 2.16. The van der Waals surface area contributed by atoms with Crippen molar-refractivity contribution in [3.8, 4) is 0 Å². The Morgan fingerprint density at radius 1 is 1.54 bits per heavy atom. The van der Waals surface area contributed by atoms with Gasteiger partial charge in [0.15, 0.2) is 5.78 Å². The van der Waals surface area contributed by atoms with E-state index in [0.29, 0.717) is 0 Å². The van der Waals surface area contributed by atoms with Gasteiger partial charge in [0.25, 0.3) is 0 Å².